The van der Waals surface area contributed by atoms with E-state index in [0.29, 0.717) is 0 Å². The van der Waals surface area contributed by atoms with E-state index in [9.17, 15) is 14.0 Å². The summed E-state index contributed by atoms with van der Waals surface area (Å²) in [7, 11) is 0. The molecule has 5 nitrogen and oxygen atoms in total. The Bertz CT molecular complexity index is 554. The van der Waals surface area contributed by atoms with Crippen LogP contribution < -0.4 is 16.0 Å². The van der Waals surface area contributed by atoms with Crippen molar-refractivity contribution in [3.63, 3.8) is 0 Å². The summed E-state index contributed by atoms with van der Waals surface area (Å²) in [6.45, 7) is 4.25. The van der Waals surface area contributed by atoms with Crippen LogP contribution in [0.2, 0.25) is 0 Å². The lowest BCUT2D eigenvalue weighted by Gasteiger charge is -2.19. The molecule has 1 fully saturated rings. The van der Waals surface area contributed by atoms with Gasteiger partial charge in [0.05, 0.1) is 0 Å². The molecule has 6 heteroatoms. The van der Waals surface area contributed by atoms with Crippen LogP contribution in [-0.4, -0.2) is 24.5 Å². The number of halogens is 1. The highest BCUT2D eigenvalue weighted by atomic mass is 19.1. The number of carbonyl (C=O) groups is 2. The molecule has 0 unspecified atom stereocenters. The fourth-order valence-electron chi connectivity index (χ4n) is 3.18. The highest BCUT2D eigenvalue weighted by Crippen LogP contribution is 2.18. The molecule has 0 saturated heterocycles. The molecule has 1 aliphatic carbocycles. The van der Waals surface area contributed by atoms with Crippen LogP contribution in [-0.2, 0) is 4.79 Å². The predicted molar refractivity (Wildman–Crippen MR) is 89.7 cm³/mol. The van der Waals surface area contributed by atoms with Crippen molar-refractivity contribution < 1.29 is 19.3 Å². The molecule has 24 heavy (non-hydrogen) atoms. The molecule has 1 aromatic carbocycles. The third-order valence-electron chi connectivity index (χ3n) is 4.47. The van der Waals surface area contributed by atoms with Crippen molar-refractivity contribution in [1.82, 2.24) is 10.6 Å². The molecular formula is C18H27FN3O2+. The quantitative estimate of drug-likeness (QED) is 0.742. The number of hydrogen-bond donors (Lipinski definition) is 3. The standard InChI is InChI=1S/C18H26FN3O2/c1-12(2)17(13-7-9-14(19)10-8-13)20-11-16(23)22-18(24)21-15-5-3-4-6-15/h7-10,12,15,17,20H,3-6,11H2,1-2H3,(H2,21,22,23,24)/p+1/t17-/m0/s1. The molecule has 1 saturated carbocycles. The number of nitrogens with two attached hydrogens (primary N) is 1. The Morgan fingerprint density at radius 2 is 1.83 bits per heavy atom. The summed E-state index contributed by atoms with van der Waals surface area (Å²) < 4.78 is 13.1. The number of benzene rings is 1. The fourth-order valence-corrected chi connectivity index (χ4v) is 3.18. The molecule has 2 rings (SSSR count). The molecule has 3 amide bonds. The minimum absolute atomic E-state index is 0.0363. The van der Waals surface area contributed by atoms with Crippen LogP contribution in [0.5, 0.6) is 0 Å². The van der Waals surface area contributed by atoms with Gasteiger partial charge in [0.15, 0.2) is 6.54 Å². The summed E-state index contributed by atoms with van der Waals surface area (Å²) >= 11 is 0. The second-order valence-electron chi connectivity index (χ2n) is 6.76. The molecule has 1 aliphatic rings. The van der Waals surface area contributed by atoms with Gasteiger partial charge in [0.2, 0.25) is 0 Å². The lowest BCUT2D eigenvalue weighted by atomic mass is 9.96. The molecule has 0 aromatic heterocycles. The summed E-state index contributed by atoms with van der Waals surface area (Å²) in [5, 5.41) is 7.10. The number of carbonyl (C=O) groups excluding carboxylic acids is 2. The molecule has 132 valence electrons. The van der Waals surface area contributed by atoms with Crippen LogP contribution in [0.25, 0.3) is 0 Å². The normalized spacial score (nSPS) is 16.2. The minimum Gasteiger partial charge on any atom is -0.335 e. The second-order valence-corrected chi connectivity index (χ2v) is 6.76. The zero-order valence-corrected chi connectivity index (χ0v) is 14.3. The third-order valence-corrected chi connectivity index (χ3v) is 4.47. The topological polar surface area (TPSA) is 74.8 Å². The van der Waals surface area contributed by atoms with Gasteiger partial charge < -0.3 is 10.6 Å². The number of urea groups is 1. The highest BCUT2D eigenvalue weighted by molar-refractivity contribution is 5.94. The van der Waals surface area contributed by atoms with Gasteiger partial charge in [0, 0.05) is 17.5 Å². The van der Waals surface area contributed by atoms with E-state index in [1.165, 1.54) is 12.1 Å². The number of amides is 3. The first-order valence-electron chi connectivity index (χ1n) is 8.65. The van der Waals surface area contributed by atoms with E-state index in [4.69, 9.17) is 0 Å². The summed E-state index contributed by atoms with van der Waals surface area (Å²) in [5.41, 5.74) is 0.967. The number of quaternary nitrogens is 1. The Balaban J connectivity index is 1.81. The summed E-state index contributed by atoms with van der Waals surface area (Å²) in [6, 6.07) is 6.13. The fraction of sp³-hybridized carbons (Fsp3) is 0.556. The van der Waals surface area contributed by atoms with Crippen LogP contribution >= 0.6 is 0 Å². The van der Waals surface area contributed by atoms with E-state index in [-0.39, 0.29) is 36.3 Å². The first-order valence-corrected chi connectivity index (χ1v) is 8.65. The van der Waals surface area contributed by atoms with Gasteiger partial charge in [-0.25, -0.2) is 9.18 Å². The monoisotopic (exact) mass is 336 g/mol. The summed E-state index contributed by atoms with van der Waals surface area (Å²) in [4.78, 5) is 23.8. The Morgan fingerprint density at radius 1 is 1.21 bits per heavy atom. The molecule has 1 aromatic rings. The number of hydrogen-bond acceptors (Lipinski definition) is 2. The summed E-state index contributed by atoms with van der Waals surface area (Å²) in [6.07, 6.45) is 4.21. The second kappa shape index (κ2) is 8.78. The zero-order chi connectivity index (χ0) is 17.5. The Morgan fingerprint density at radius 3 is 2.42 bits per heavy atom. The average Bonchev–Trinajstić information content (AvgIpc) is 3.01. The predicted octanol–water partition coefficient (Wildman–Crippen LogP) is 1.85. The first-order chi connectivity index (χ1) is 11.5. The van der Waals surface area contributed by atoms with Crippen molar-refractivity contribution in [2.45, 2.75) is 51.6 Å². The largest absolute Gasteiger partial charge is 0.335 e. The Hall–Kier alpha value is -1.95. The molecule has 0 radical (unpaired) electrons. The van der Waals surface area contributed by atoms with Gasteiger partial charge in [-0.3, -0.25) is 10.1 Å². The van der Waals surface area contributed by atoms with Gasteiger partial charge in [-0.2, -0.15) is 0 Å². The third kappa shape index (κ3) is 5.60. The first kappa shape index (κ1) is 18.4. The average molecular weight is 336 g/mol. The van der Waals surface area contributed by atoms with Gasteiger partial charge in [0.1, 0.15) is 11.9 Å². The molecule has 0 aliphatic heterocycles. The molecule has 4 N–H and O–H groups in total. The molecule has 1 atom stereocenters. The lowest BCUT2D eigenvalue weighted by molar-refractivity contribution is -0.692. The van der Waals surface area contributed by atoms with Crippen LogP contribution in [0.4, 0.5) is 9.18 Å². The van der Waals surface area contributed by atoms with E-state index in [0.717, 1.165) is 31.2 Å². The summed E-state index contributed by atoms with van der Waals surface area (Å²) in [5.74, 6) is -0.323. The lowest BCUT2D eigenvalue weighted by Crippen LogP contribution is -2.88. The minimum atomic E-state index is -0.414. The van der Waals surface area contributed by atoms with Crippen molar-refractivity contribution in [3.05, 3.63) is 35.6 Å². The van der Waals surface area contributed by atoms with E-state index in [2.05, 4.69) is 24.5 Å². The number of imide groups is 1. The van der Waals surface area contributed by atoms with Gasteiger partial charge >= 0.3 is 6.03 Å². The molecule has 0 bridgehead atoms. The number of rotatable bonds is 6. The van der Waals surface area contributed by atoms with E-state index < -0.39 is 6.03 Å². The van der Waals surface area contributed by atoms with Crippen molar-refractivity contribution in [3.8, 4) is 0 Å². The zero-order valence-electron chi connectivity index (χ0n) is 14.3. The van der Waals surface area contributed by atoms with E-state index in [1.54, 1.807) is 12.1 Å². The molecule has 0 spiro atoms. The van der Waals surface area contributed by atoms with Crippen LogP contribution in [0, 0.1) is 11.7 Å². The maximum atomic E-state index is 13.1. The van der Waals surface area contributed by atoms with Crippen molar-refractivity contribution in [2.24, 2.45) is 5.92 Å². The van der Waals surface area contributed by atoms with Crippen LogP contribution in [0.3, 0.4) is 0 Å². The molecule has 0 heterocycles. The maximum Gasteiger partial charge on any atom is 0.321 e. The van der Waals surface area contributed by atoms with Gasteiger partial charge in [-0.1, -0.05) is 38.8 Å². The van der Waals surface area contributed by atoms with Gasteiger partial charge in [0.25, 0.3) is 5.91 Å². The Kier molecular flexibility index (Phi) is 6.73. The SMILES string of the molecule is CC(C)[C@H]([NH2+]CC(=O)NC(=O)NC1CCCC1)c1ccc(F)cc1. The van der Waals surface area contributed by atoms with Crippen molar-refractivity contribution in [2.75, 3.05) is 6.54 Å². The smallest absolute Gasteiger partial charge is 0.321 e. The number of nitrogens with one attached hydrogen (secondary N) is 2. The van der Waals surface area contributed by atoms with Crippen LogP contribution in [0.15, 0.2) is 24.3 Å². The van der Waals surface area contributed by atoms with Crippen LogP contribution in [0.1, 0.15) is 51.1 Å². The highest BCUT2D eigenvalue weighted by Gasteiger charge is 2.22. The van der Waals surface area contributed by atoms with Gasteiger partial charge in [-0.05, 0) is 25.0 Å². The maximum absolute atomic E-state index is 13.1. The molecular weight excluding hydrogens is 309 g/mol. The van der Waals surface area contributed by atoms with Crippen molar-refractivity contribution >= 4 is 11.9 Å². The van der Waals surface area contributed by atoms with Gasteiger partial charge in [-0.15, -0.1) is 0 Å². The van der Waals surface area contributed by atoms with E-state index >= 15 is 0 Å². The Labute approximate surface area is 142 Å². The van der Waals surface area contributed by atoms with E-state index in [1.807, 2.05) is 5.32 Å². The van der Waals surface area contributed by atoms with Crippen molar-refractivity contribution in [1.29, 1.82) is 0 Å².